The predicted molar refractivity (Wildman–Crippen MR) is 176 cm³/mol. The molecule has 0 N–H and O–H groups in total. The lowest BCUT2D eigenvalue weighted by Gasteiger charge is -2.23. The van der Waals surface area contributed by atoms with Gasteiger partial charge in [0.2, 0.25) is 0 Å². The summed E-state index contributed by atoms with van der Waals surface area (Å²) in [7, 11) is 0. The van der Waals surface area contributed by atoms with Crippen LogP contribution in [0.1, 0.15) is 77.3 Å². The van der Waals surface area contributed by atoms with E-state index in [2.05, 4.69) is 92.7 Å². The Kier molecular flexibility index (Phi) is 10.7. The molecular formula is C39H42O5. The summed E-state index contributed by atoms with van der Waals surface area (Å²) in [6.07, 6.45) is 4.05. The van der Waals surface area contributed by atoms with Gasteiger partial charge in [0.15, 0.2) is 6.10 Å². The number of benzene rings is 4. The zero-order valence-electron chi connectivity index (χ0n) is 26.1. The van der Waals surface area contributed by atoms with Gasteiger partial charge in [-0.2, -0.15) is 0 Å². The summed E-state index contributed by atoms with van der Waals surface area (Å²) < 4.78 is 23.4. The topological polar surface area (TPSA) is 54.0 Å². The fraction of sp³-hybridized carbons (Fsp3) is 0.308. The molecule has 0 amide bonds. The lowest BCUT2D eigenvalue weighted by molar-refractivity contribution is -0.156. The maximum atomic E-state index is 12.2. The van der Waals surface area contributed by atoms with Crippen molar-refractivity contribution in [3.63, 3.8) is 0 Å². The summed E-state index contributed by atoms with van der Waals surface area (Å²) in [6, 6.07) is 31.7. The van der Waals surface area contributed by atoms with E-state index >= 15 is 0 Å². The van der Waals surface area contributed by atoms with E-state index in [-0.39, 0.29) is 18.0 Å². The standard InChI is InChI=1S/C39H42O5/c1-5-41-37(39(40)42-6-2)25-29-13-19-34(20-14-29)43-22-23-44-38-35-21-18-32(28(4)30-10-8-7-9-11-30)26-33(35)17-16-31-15-12-27(3)24-36(31)38/h7-21,24,26,28,37-38H,5-6,22-23,25H2,1-4H3. The van der Waals surface area contributed by atoms with Crippen LogP contribution in [-0.4, -0.2) is 38.5 Å². The normalized spacial score (nSPS) is 15.0. The highest BCUT2D eigenvalue weighted by atomic mass is 16.6. The molecule has 3 atom stereocenters. The Balaban J connectivity index is 1.26. The number of aryl methyl sites for hydroxylation is 1. The predicted octanol–water partition coefficient (Wildman–Crippen LogP) is 8.33. The average Bonchev–Trinajstić information content (AvgIpc) is 3.19. The monoisotopic (exact) mass is 590 g/mol. The van der Waals surface area contributed by atoms with Gasteiger partial charge >= 0.3 is 5.97 Å². The Morgan fingerprint density at radius 2 is 1.55 bits per heavy atom. The summed E-state index contributed by atoms with van der Waals surface area (Å²) in [5, 5.41) is 0. The van der Waals surface area contributed by atoms with Crippen molar-refractivity contribution in [3.8, 4) is 5.75 Å². The summed E-state index contributed by atoms with van der Waals surface area (Å²) in [6.45, 7) is 9.66. The number of rotatable bonds is 13. The molecule has 4 aromatic carbocycles. The fourth-order valence-electron chi connectivity index (χ4n) is 5.69. The van der Waals surface area contributed by atoms with Gasteiger partial charge in [-0.15, -0.1) is 0 Å². The molecule has 0 aromatic heterocycles. The van der Waals surface area contributed by atoms with E-state index in [9.17, 15) is 4.79 Å². The number of carbonyl (C=O) groups excluding carboxylic acids is 1. The molecular weight excluding hydrogens is 548 g/mol. The molecule has 1 aliphatic rings. The molecule has 5 heteroatoms. The van der Waals surface area contributed by atoms with Crippen LogP contribution in [0.2, 0.25) is 0 Å². The number of hydrogen-bond acceptors (Lipinski definition) is 5. The van der Waals surface area contributed by atoms with Crippen molar-refractivity contribution in [1.29, 1.82) is 0 Å². The zero-order chi connectivity index (χ0) is 30.9. The maximum Gasteiger partial charge on any atom is 0.335 e. The molecule has 228 valence electrons. The van der Waals surface area contributed by atoms with E-state index in [1.54, 1.807) is 6.92 Å². The van der Waals surface area contributed by atoms with Crippen LogP contribution in [0, 0.1) is 6.92 Å². The first-order chi connectivity index (χ1) is 21.5. The van der Waals surface area contributed by atoms with Gasteiger partial charge in [-0.25, -0.2) is 4.79 Å². The van der Waals surface area contributed by atoms with Crippen LogP contribution in [0.4, 0.5) is 0 Å². The molecule has 3 unspecified atom stereocenters. The van der Waals surface area contributed by atoms with E-state index in [0.29, 0.717) is 32.8 Å². The molecule has 0 bridgehead atoms. The third-order valence-electron chi connectivity index (χ3n) is 8.06. The minimum Gasteiger partial charge on any atom is -0.491 e. The quantitative estimate of drug-likeness (QED) is 0.116. The van der Waals surface area contributed by atoms with Gasteiger partial charge in [-0.3, -0.25) is 0 Å². The Morgan fingerprint density at radius 3 is 2.30 bits per heavy atom. The molecule has 0 aliphatic heterocycles. The van der Waals surface area contributed by atoms with Crippen LogP contribution in [0.5, 0.6) is 5.75 Å². The summed E-state index contributed by atoms with van der Waals surface area (Å²) >= 11 is 0. The van der Waals surface area contributed by atoms with Gasteiger partial charge in [0.25, 0.3) is 0 Å². The number of esters is 1. The number of hydrogen-bond donors (Lipinski definition) is 0. The zero-order valence-corrected chi connectivity index (χ0v) is 26.1. The second-order valence-corrected chi connectivity index (χ2v) is 11.1. The Bertz CT molecular complexity index is 1560. The molecule has 4 aromatic rings. The first-order valence-corrected chi connectivity index (χ1v) is 15.6. The average molecular weight is 591 g/mol. The molecule has 0 saturated carbocycles. The number of fused-ring (bicyclic) bond motifs is 2. The molecule has 0 fully saturated rings. The lowest BCUT2D eigenvalue weighted by Crippen LogP contribution is -2.28. The Morgan fingerprint density at radius 1 is 0.773 bits per heavy atom. The molecule has 0 heterocycles. The highest BCUT2D eigenvalue weighted by molar-refractivity contribution is 5.77. The van der Waals surface area contributed by atoms with Crippen LogP contribution >= 0.6 is 0 Å². The Labute approximate surface area is 261 Å². The van der Waals surface area contributed by atoms with Gasteiger partial charge in [-0.05, 0) is 71.8 Å². The van der Waals surface area contributed by atoms with Crippen LogP contribution in [0.25, 0.3) is 12.2 Å². The van der Waals surface area contributed by atoms with E-state index in [4.69, 9.17) is 18.9 Å². The summed E-state index contributed by atoms with van der Waals surface area (Å²) in [4.78, 5) is 12.2. The van der Waals surface area contributed by atoms with Crippen LogP contribution < -0.4 is 4.74 Å². The first kappa shape index (κ1) is 31.2. The highest BCUT2D eigenvalue weighted by Crippen LogP contribution is 2.38. The Hall–Kier alpha value is -4.19. The minimum atomic E-state index is -0.610. The largest absolute Gasteiger partial charge is 0.491 e. The SMILES string of the molecule is CCOC(=O)C(Cc1ccc(OCCOC2c3ccc(C(C)c4ccccc4)cc3C=Cc3ccc(C)cc32)cc1)OCC. The van der Waals surface area contributed by atoms with Gasteiger partial charge in [0.1, 0.15) is 18.5 Å². The second kappa shape index (κ2) is 15.0. The third kappa shape index (κ3) is 7.65. The molecule has 5 nitrogen and oxygen atoms in total. The van der Waals surface area contributed by atoms with Gasteiger partial charge in [0.05, 0.1) is 13.2 Å². The van der Waals surface area contributed by atoms with Crippen molar-refractivity contribution in [2.45, 2.75) is 52.2 Å². The van der Waals surface area contributed by atoms with Gasteiger partial charge in [-0.1, -0.05) is 104 Å². The van der Waals surface area contributed by atoms with E-state index < -0.39 is 6.10 Å². The minimum absolute atomic E-state index is 0.208. The van der Waals surface area contributed by atoms with Crippen molar-refractivity contribution in [2.24, 2.45) is 0 Å². The van der Waals surface area contributed by atoms with Crippen molar-refractivity contribution in [2.75, 3.05) is 26.4 Å². The van der Waals surface area contributed by atoms with Gasteiger partial charge in [0, 0.05) is 18.9 Å². The smallest absolute Gasteiger partial charge is 0.335 e. The summed E-state index contributed by atoms with van der Waals surface area (Å²) in [5.74, 6) is 0.707. The molecule has 0 saturated heterocycles. The number of carbonyl (C=O) groups is 1. The molecule has 44 heavy (non-hydrogen) atoms. The van der Waals surface area contributed by atoms with Crippen molar-refractivity contribution in [3.05, 3.63) is 136 Å². The van der Waals surface area contributed by atoms with Crippen molar-refractivity contribution >= 4 is 18.1 Å². The summed E-state index contributed by atoms with van der Waals surface area (Å²) in [5.41, 5.74) is 9.43. The fourth-order valence-corrected chi connectivity index (χ4v) is 5.69. The van der Waals surface area contributed by atoms with E-state index in [1.807, 2.05) is 31.2 Å². The van der Waals surface area contributed by atoms with E-state index in [0.717, 1.165) is 16.9 Å². The highest BCUT2D eigenvalue weighted by Gasteiger charge is 2.24. The molecule has 1 aliphatic carbocycles. The maximum absolute atomic E-state index is 12.2. The molecule has 0 radical (unpaired) electrons. The second-order valence-electron chi connectivity index (χ2n) is 11.1. The van der Waals surface area contributed by atoms with Crippen LogP contribution in [-0.2, 0) is 25.4 Å². The van der Waals surface area contributed by atoms with Crippen LogP contribution in [0.3, 0.4) is 0 Å². The van der Waals surface area contributed by atoms with E-state index in [1.165, 1.54) is 33.4 Å². The number of ether oxygens (including phenoxy) is 4. The van der Waals surface area contributed by atoms with Crippen molar-refractivity contribution in [1.82, 2.24) is 0 Å². The third-order valence-corrected chi connectivity index (χ3v) is 8.06. The lowest BCUT2D eigenvalue weighted by atomic mass is 9.89. The molecule has 0 spiro atoms. The van der Waals surface area contributed by atoms with Crippen molar-refractivity contribution < 1.29 is 23.7 Å². The van der Waals surface area contributed by atoms with Crippen LogP contribution in [0.15, 0.2) is 91.0 Å². The molecule has 5 rings (SSSR count). The first-order valence-electron chi connectivity index (χ1n) is 15.6. The van der Waals surface area contributed by atoms with Gasteiger partial charge < -0.3 is 18.9 Å².